The molecule has 0 saturated carbocycles. The molecule has 1 aromatic heterocycles. The van der Waals surface area contributed by atoms with Crippen LogP contribution in [0.1, 0.15) is 18.9 Å². The van der Waals surface area contributed by atoms with E-state index in [4.69, 9.17) is 5.73 Å². The molecule has 0 radical (unpaired) electrons. The first-order chi connectivity index (χ1) is 6.99. The predicted octanol–water partition coefficient (Wildman–Crippen LogP) is 0.978. The van der Waals surface area contributed by atoms with Gasteiger partial charge in [-0.15, -0.1) is 0 Å². The van der Waals surface area contributed by atoms with E-state index in [2.05, 4.69) is 21.0 Å². The minimum absolute atomic E-state index is 0.111. The van der Waals surface area contributed by atoms with Crippen molar-refractivity contribution in [1.82, 2.24) is 9.78 Å². The van der Waals surface area contributed by atoms with Gasteiger partial charge >= 0.3 is 0 Å². The summed E-state index contributed by atoms with van der Waals surface area (Å²) in [5.74, 6) is 1.03. The highest BCUT2D eigenvalue weighted by atomic mass is 79.9. The molecule has 1 aromatic rings. The zero-order valence-electron chi connectivity index (χ0n) is 8.06. The molecule has 0 amide bonds. The molecular formula is C8H12BrN3O2S. The minimum atomic E-state index is -2.82. The van der Waals surface area contributed by atoms with Crippen molar-refractivity contribution < 1.29 is 8.42 Å². The van der Waals surface area contributed by atoms with Crippen LogP contribution in [0.3, 0.4) is 0 Å². The highest BCUT2D eigenvalue weighted by molar-refractivity contribution is 9.10. The van der Waals surface area contributed by atoms with Crippen LogP contribution >= 0.6 is 15.9 Å². The molecule has 0 aliphatic carbocycles. The van der Waals surface area contributed by atoms with Crippen LogP contribution in [0.25, 0.3) is 0 Å². The van der Waals surface area contributed by atoms with Gasteiger partial charge in [0.05, 0.1) is 28.2 Å². The molecule has 1 fully saturated rings. The summed E-state index contributed by atoms with van der Waals surface area (Å²) >= 11 is 3.28. The molecule has 0 bridgehead atoms. The lowest BCUT2D eigenvalue weighted by Crippen LogP contribution is -2.26. The molecule has 7 heteroatoms. The molecule has 5 nitrogen and oxygen atoms in total. The Bertz CT molecular complexity index is 454. The first kappa shape index (κ1) is 10.9. The number of nitrogens with two attached hydrogens (primary N) is 1. The third kappa shape index (κ3) is 2.17. The van der Waals surface area contributed by atoms with Gasteiger partial charge in [-0.2, -0.15) is 5.10 Å². The van der Waals surface area contributed by atoms with Crippen molar-refractivity contribution in [3.8, 4) is 0 Å². The Morgan fingerprint density at radius 1 is 1.47 bits per heavy atom. The number of nitrogen functional groups attached to an aromatic ring is 1. The Morgan fingerprint density at radius 2 is 2.07 bits per heavy atom. The number of sulfone groups is 1. The molecule has 0 unspecified atom stereocenters. The lowest BCUT2D eigenvalue weighted by atomic mass is 10.2. The fraction of sp³-hybridized carbons (Fsp3) is 0.625. The largest absolute Gasteiger partial charge is 0.383 e. The van der Waals surface area contributed by atoms with Gasteiger partial charge in [-0.3, -0.25) is 0 Å². The first-order valence-corrected chi connectivity index (χ1v) is 7.30. The van der Waals surface area contributed by atoms with E-state index in [1.54, 1.807) is 10.9 Å². The van der Waals surface area contributed by atoms with E-state index in [1.165, 1.54) is 0 Å². The van der Waals surface area contributed by atoms with E-state index in [0.717, 1.165) is 4.47 Å². The first-order valence-electron chi connectivity index (χ1n) is 4.68. The van der Waals surface area contributed by atoms with Crippen LogP contribution in [0.15, 0.2) is 10.7 Å². The lowest BCUT2D eigenvalue weighted by molar-refractivity contribution is 0.418. The van der Waals surface area contributed by atoms with Crippen molar-refractivity contribution >= 4 is 31.6 Å². The lowest BCUT2D eigenvalue weighted by Gasteiger charge is -2.23. The summed E-state index contributed by atoms with van der Waals surface area (Å²) < 4.78 is 25.0. The molecule has 15 heavy (non-hydrogen) atoms. The van der Waals surface area contributed by atoms with Gasteiger partial charge in [0.1, 0.15) is 15.7 Å². The Hall–Kier alpha value is -0.560. The summed E-state index contributed by atoms with van der Waals surface area (Å²) in [5, 5.41) is 4.14. The van der Waals surface area contributed by atoms with E-state index >= 15 is 0 Å². The van der Waals surface area contributed by atoms with Crippen LogP contribution in [0.4, 0.5) is 5.82 Å². The summed E-state index contributed by atoms with van der Waals surface area (Å²) in [6, 6.07) is 0.111. The summed E-state index contributed by atoms with van der Waals surface area (Å²) in [5.41, 5.74) is 5.81. The van der Waals surface area contributed by atoms with E-state index < -0.39 is 9.84 Å². The zero-order valence-corrected chi connectivity index (χ0v) is 10.5. The minimum Gasteiger partial charge on any atom is -0.383 e. The molecule has 84 valence electrons. The molecule has 1 aliphatic rings. The fourth-order valence-corrected chi connectivity index (χ4v) is 3.50. The molecule has 2 N–H and O–H groups in total. The van der Waals surface area contributed by atoms with Crippen LogP contribution in [0.2, 0.25) is 0 Å². The van der Waals surface area contributed by atoms with Crippen LogP contribution in [0.5, 0.6) is 0 Å². The van der Waals surface area contributed by atoms with E-state index in [9.17, 15) is 8.42 Å². The van der Waals surface area contributed by atoms with Crippen LogP contribution < -0.4 is 5.73 Å². The Balaban J connectivity index is 2.18. The van der Waals surface area contributed by atoms with Gasteiger partial charge < -0.3 is 5.73 Å². The normalized spacial score (nSPS) is 21.7. The number of hydrogen-bond acceptors (Lipinski definition) is 4. The SMILES string of the molecule is Nc1c(Br)cnn1C1CCS(=O)(=O)CC1. The number of halogens is 1. The van der Waals surface area contributed by atoms with Gasteiger partial charge in [0.15, 0.2) is 0 Å². The Morgan fingerprint density at radius 3 is 2.53 bits per heavy atom. The van der Waals surface area contributed by atoms with E-state index in [1.807, 2.05) is 0 Å². The van der Waals surface area contributed by atoms with Gasteiger partial charge in [0, 0.05) is 0 Å². The standard InChI is InChI=1S/C8H12BrN3O2S/c9-7-5-11-12(8(7)10)6-1-3-15(13,14)4-2-6/h5-6H,1-4,10H2. The maximum Gasteiger partial charge on any atom is 0.150 e. The summed E-state index contributed by atoms with van der Waals surface area (Å²) in [7, 11) is -2.82. The van der Waals surface area contributed by atoms with Gasteiger partial charge in [-0.25, -0.2) is 13.1 Å². The van der Waals surface area contributed by atoms with Crippen LogP contribution in [-0.4, -0.2) is 29.7 Å². The molecule has 1 aliphatic heterocycles. The van der Waals surface area contributed by atoms with Crippen LogP contribution in [0, 0.1) is 0 Å². The summed E-state index contributed by atoms with van der Waals surface area (Å²) in [6.45, 7) is 0. The molecule has 2 heterocycles. The van der Waals surface area contributed by atoms with Crippen molar-refractivity contribution in [1.29, 1.82) is 0 Å². The molecule has 1 saturated heterocycles. The van der Waals surface area contributed by atoms with Gasteiger partial charge in [-0.05, 0) is 28.8 Å². The maximum absolute atomic E-state index is 11.2. The highest BCUT2D eigenvalue weighted by Gasteiger charge is 2.26. The monoisotopic (exact) mass is 293 g/mol. The number of anilines is 1. The molecule has 2 rings (SSSR count). The quantitative estimate of drug-likeness (QED) is 0.837. The predicted molar refractivity (Wildman–Crippen MR) is 61.3 cm³/mol. The average molecular weight is 294 g/mol. The van der Waals surface area contributed by atoms with Crippen molar-refractivity contribution in [2.24, 2.45) is 0 Å². The van der Waals surface area contributed by atoms with Crippen molar-refractivity contribution in [2.75, 3.05) is 17.2 Å². The number of nitrogens with zero attached hydrogens (tertiary/aromatic N) is 2. The van der Waals surface area contributed by atoms with Crippen LogP contribution in [-0.2, 0) is 9.84 Å². The highest BCUT2D eigenvalue weighted by Crippen LogP contribution is 2.28. The Kier molecular flexibility index (Phi) is 2.76. The van der Waals surface area contributed by atoms with E-state index in [0.29, 0.717) is 18.7 Å². The second-order valence-corrected chi connectivity index (χ2v) is 6.86. The smallest absolute Gasteiger partial charge is 0.150 e. The topological polar surface area (TPSA) is 78.0 Å². The van der Waals surface area contributed by atoms with Gasteiger partial charge in [-0.1, -0.05) is 0 Å². The van der Waals surface area contributed by atoms with Gasteiger partial charge in [0.2, 0.25) is 0 Å². The van der Waals surface area contributed by atoms with Crippen molar-refractivity contribution in [3.05, 3.63) is 10.7 Å². The summed E-state index contributed by atoms with van der Waals surface area (Å²) in [4.78, 5) is 0. The third-order valence-corrected chi connectivity index (χ3v) is 4.98. The van der Waals surface area contributed by atoms with Crippen molar-refractivity contribution in [2.45, 2.75) is 18.9 Å². The second-order valence-electron chi connectivity index (χ2n) is 3.71. The zero-order chi connectivity index (χ0) is 11.1. The average Bonchev–Trinajstić information content (AvgIpc) is 2.49. The Labute approximate surface area is 96.7 Å². The molecule has 0 atom stereocenters. The third-order valence-electron chi connectivity index (χ3n) is 2.66. The fourth-order valence-electron chi connectivity index (χ4n) is 1.76. The number of aromatic nitrogens is 2. The second kappa shape index (κ2) is 3.79. The number of rotatable bonds is 1. The molecule has 0 aromatic carbocycles. The van der Waals surface area contributed by atoms with Crippen molar-refractivity contribution in [3.63, 3.8) is 0 Å². The van der Waals surface area contributed by atoms with E-state index in [-0.39, 0.29) is 17.5 Å². The molecular weight excluding hydrogens is 282 g/mol. The van der Waals surface area contributed by atoms with Gasteiger partial charge in [0.25, 0.3) is 0 Å². The number of hydrogen-bond donors (Lipinski definition) is 1. The maximum atomic E-state index is 11.2. The molecule has 0 spiro atoms. The summed E-state index contributed by atoms with van der Waals surface area (Å²) in [6.07, 6.45) is 2.83.